The predicted octanol–water partition coefficient (Wildman–Crippen LogP) is 4.11. The Morgan fingerprint density at radius 1 is 1.14 bits per heavy atom. The molecule has 22 heavy (non-hydrogen) atoms. The summed E-state index contributed by atoms with van der Waals surface area (Å²) in [5, 5.41) is 6.14. The molecule has 4 nitrogen and oxygen atoms in total. The van der Waals surface area contributed by atoms with Crippen LogP contribution in [0.4, 0.5) is 11.5 Å². The number of carbonyl (C=O) groups excluding carboxylic acids is 1. The molecule has 2 N–H and O–H groups in total. The van der Waals surface area contributed by atoms with E-state index in [0.29, 0.717) is 5.56 Å². The number of aromatic nitrogens is 1. The maximum atomic E-state index is 12.3. The van der Waals surface area contributed by atoms with Crippen LogP contribution in [0.5, 0.6) is 0 Å². The zero-order valence-corrected chi connectivity index (χ0v) is 13.2. The SMILES string of the molecule is CCCCNc1cc(C(=O)Nc2ccc(CC)cc2)ccn1. The monoisotopic (exact) mass is 297 g/mol. The van der Waals surface area contributed by atoms with Crippen LogP contribution in [0.25, 0.3) is 0 Å². The molecule has 1 aromatic carbocycles. The zero-order valence-electron chi connectivity index (χ0n) is 13.2. The number of hydrogen-bond donors (Lipinski definition) is 2. The summed E-state index contributed by atoms with van der Waals surface area (Å²) in [4.78, 5) is 16.5. The van der Waals surface area contributed by atoms with Gasteiger partial charge in [-0.25, -0.2) is 4.98 Å². The molecule has 2 rings (SSSR count). The summed E-state index contributed by atoms with van der Waals surface area (Å²) < 4.78 is 0. The number of unbranched alkanes of at least 4 members (excludes halogenated alkanes) is 1. The van der Waals surface area contributed by atoms with Crippen LogP contribution in [0.3, 0.4) is 0 Å². The van der Waals surface area contributed by atoms with Gasteiger partial charge in [-0.3, -0.25) is 4.79 Å². The molecule has 0 aliphatic rings. The summed E-state index contributed by atoms with van der Waals surface area (Å²) in [6, 6.07) is 11.4. The second-order valence-corrected chi connectivity index (χ2v) is 5.21. The Balaban J connectivity index is 2.00. The fraction of sp³-hybridized carbons (Fsp3) is 0.333. The molecule has 0 bridgehead atoms. The normalized spacial score (nSPS) is 10.3. The highest BCUT2D eigenvalue weighted by Gasteiger charge is 2.07. The van der Waals surface area contributed by atoms with E-state index >= 15 is 0 Å². The number of anilines is 2. The molecule has 0 fully saturated rings. The highest BCUT2D eigenvalue weighted by molar-refractivity contribution is 6.04. The molecule has 0 aliphatic heterocycles. The van der Waals surface area contributed by atoms with Crippen LogP contribution in [0.1, 0.15) is 42.6 Å². The molecule has 1 heterocycles. The number of nitrogens with one attached hydrogen (secondary N) is 2. The van der Waals surface area contributed by atoms with E-state index in [9.17, 15) is 4.79 Å². The third-order valence-corrected chi connectivity index (χ3v) is 3.48. The number of benzene rings is 1. The molecule has 0 radical (unpaired) electrons. The zero-order chi connectivity index (χ0) is 15.8. The summed E-state index contributed by atoms with van der Waals surface area (Å²) >= 11 is 0. The molecule has 0 aliphatic carbocycles. The molecule has 1 amide bonds. The minimum Gasteiger partial charge on any atom is -0.370 e. The van der Waals surface area contributed by atoms with Gasteiger partial charge < -0.3 is 10.6 Å². The second kappa shape index (κ2) is 8.17. The highest BCUT2D eigenvalue weighted by Crippen LogP contribution is 2.13. The number of pyridine rings is 1. The van der Waals surface area contributed by atoms with Crippen LogP contribution in [-0.2, 0) is 6.42 Å². The van der Waals surface area contributed by atoms with Crippen molar-refractivity contribution in [2.45, 2.75) is 33.1 Å². The van der Waals surface area contributed by atoms with E-state index in [1.165, 1.54) is 5.56 Å². The van der Waals surface area contributed by atoms with Crippen LogP contribution < -0.4 is 10.6 Å². The summed E-state index contributed by atoms with van der Waals surface area (Å²) in [6.07, 6.45) is 4.86. The molecule has 4 heteroatoms. The molecular weight excluding hydrogens is 274 g/mol. The van der Waals surface area contributed by atoms with Crippen molar-refractivity contribution in [3.63, 3.8) is 0 Å². The number of rotatable bonds is 7. The van der Waals surface area contributed by atoms with E-state index in [1.807, 2.05) is 24.3 Å². The minimum atomic E-state index is -0.120. The summed E-state index contributed by atoms with van der Waals surface area (Å²) in [5.74, 6) is 0.618. The van der Waals surface area contributed by atoms with Crippen molar-refractivity contribution in [2.75, 3.05) is 17.2 Å². The van der Waals surface area contributed by atoms with E-state index < -0.39 is 0 Å². The first kappa shape index (κ1) is 16.0. The lowest BCUT2D eigenvalue weighted by molar-refractivity contribution is 0.102. The topological polar surface area (TPSA) is 54.0 Å². The Morgan fingerprint density at radius 2 is 1.91 bits per heavy atom. The largest absolute Gasteiger partial charge is 0.370 e. The fourth-order valence-electron chi connectivity index (χ4n) is 2.09. The number of amides is 1. The van der Waals surface area contributed by atoms with Gasteiger partial charge in [-0.2, -0.15) is 0 Å². The van der Waals surface area contributed by atoms with Crippen molar-refractivity contribution >= 4 is 17.4 Å². The first-order chi connectivity index (χ1) is 10.7. The maximum absolute atomic E-state index is 12.3. The number of nitrogens with zero attached hydrogens (tertiary/aromatic N) is 1. The number of carbonyl (C=O) groups is 1. The van der Waals surface area contributed by atoms with Gasteiger partial charge in [0.2, 0.25) is 0 Å². The predicted molar refractivity (Wildman–Crippen MR) is 91.4 cm³/mol. The molecule has 0 unspecified atom stereocenters. The Hall–Kier alpha value is -2.36. The van der Waals surface area contributed by atoms with E-state index in [1.54, 1.807) is 18.3 Å². The second-order valence-electron chi connectivity index (χ2n) is 5.21. The maximum Gasteiger partial charge on any atom is 0.255 e. The van der Waals surface area contributed by atoms with Crippen molar-refractivity contribution < 1.29 is 4.79 Å². The van der Waals surface area contributed by atoms with Crippen LogP contribution >= 0.6 is 0 Å². The van der Waals surface area contributed by atoms with E-state index in [-0.39, 0.29) is 5.91 Å². The fourth-order valence-corrected chi connectivity index (χ4v) is 2.09. The van der Waals surface area contributed by atoms with Crippen molar-refractivity contribution in [1.82, 2.24) is 4.98 Å². The molecule has 0 atom stereocenters. The van der Waals surface area contributed by atoms with Gasteiger partial charge in [0.05, 0.1) is 0 Å². The van der Waals surface area contributed by atoms with Crippen LogP contribution in [-0.4, -0.2) is 17.4 Å². The average Bonchev–Trinajstić information content (AvgIpc) is 2.56. The molecule has 1 aromatic heterocycles. The highest BCUT2D eigenvalue weighted by atomic mass is 16.1. The molecule has 0 saturated carbocycles. The van der Waals surface area contributed by atoms with E-state index in [2.05, 4.69) is 29.5 Å². The Kier molecular flexibility index (Phi) is 5.95. The third-order valence-electron chi connectivity index (χ3n) is 3.48. The number of hydrogen-bond acceptors (Lipinski definition) is 3. The van der Waals surface area contributed by atoms with Gasteiger partial charge in [0.25, 0.3) is 5.91 Å². The first-order valence-electron chi connectivity index (χ1n) is 7.83. The molecule has 116 valence electrons. The molecular formula is C18H23N3O. The lowest BCUT2D eigenvalue weighted by Gasteiger charge is -2.08. The van der Waals surface area contributed by atoms with Crippen LogP contribution in [0.15, 0.2) is 42.6 Å². The smallest absolute Gasteiger partial charge is 0.255 e. The van der Waals surface area contributed by atoms with Gasteiger partial charge >= 0.3 is 0 Å². The van der Waals surface area contributed by atoms with E-state index in [4.69, 9.17) is 0 Å². The summed E-state index contributed by atoms with van der Waals surface area (Å²) in [5.41, 5.74) is 2.66. The van der Waals surface area contributed by atoms with Gasteiger partial charge in [-0.05, 0) is 42.7 Å². The van der Waals surface area contributed by atoms with Gasteiger partial charge in [-0.1, -0.05) is 32.4 Å². The lowest BCUT2D eigenvalue weighted by Crippen LogP contribution is -2.13. The van der Waals surface area contributed by atoms with Gasteiger partial charge in [-0.15, -0.1) is 0 Å². The van der Waals surface area contributed by atoms with Crippen molar-refractivity contribution in [3.8, 4) is 0 Å². The Labute approximate surface area is 132 Å². The van der Waals surface area contributed by atoms with Gasteiger partial charge in [0, 0.05) is 24.0 Å². The summed E-state index contributed by atoms with van der Waals surface area (Å²) in [6.45, 7) is 5.12. The third kappa shape index (κ3) is 4.58. The van der Waals surface area contributed by atoms with Gasteiger partial charge in [0.15, 0.2) is 0 Å². The molecule has 2 aromatic rings. The first-order valence-corrected chi connectivity index (χ1v) is 7.83. The lowest BCUT2D eigenvalue weighted by atomic mass is 10.1. The van der Waals surface area contributed by atoms with Crippen molar-refractivity contribution in [2.24, 2.45) is 0 Å². The van der Waals surface area contributed by atoms with E-state index in [0.717, 1.165) is 37.3 Å². The Bertz CT molecular complexity index is 608. The van der Waals surface area contributed by atoms with Gasteiger partial charge in [0.1, 0.15) is 5.82 Å². The standard InChI is InChI=1S/C18H23N3O/c1-3-5-11-19-17-13-15(10-12-20-17)18(22)21-16-8-6-14(4-2)7-9-16/h6-10,12-13H,3-5,11H2,1-2H3,(H,19,20)(H,21,22). The minimum absolute atomic E-state index is 0.120. The average molecular weight is 297 g/mol. The molecule has 0 saturated heterocycles. The number of aryl methyl sites for hydroxylation is 1. The van der Waals surface area contributed by atoms with Crippen molar-refractivity contribution in [1.29, 1.82) is 0 Å². The quantitative estimate of drug-likeness (QED) is 0.756. The van der Waals surface area contributed by atoms with Crippen molar-refractivity contribution in [3.05, 3.63) is 53.7 Å². The van der Waals surface area contributed by atoms with Crippen LogP contribution in [0, 0.1) is 0 Å². The molecule has 0 spiro atoms. The Morgan fingerprint density at radius 3 is 2.59 bits per heavy atom. The van der Waals surface area contributed by atoms with Crippen LogP contribution in [0.2, 0.25) is 0 Å². The summed E-state index contributed by atoms with van der Waals surface area (Å²) in [7, 11) is 0.